The molecule has 3 aromatic rings. The van der Waals surface area contributed by atoms with Gasteiger partial charge in [-0.3, -0.25) is 14.1 Å². The summed E-state index contributed by atoms with van der Waals surface area (Å²) >= 11 is 1.56. The first-order valence-corrected chi connectivity index (χ1v) is 14.0. The lowest BCUT2D eigenvalue weighted by molar-refractivity contribution is -0.119. The van der Waals surface area contributed by atoms with Crippen molar-refractivity contribution in [1.82, 2.24) is 10.3 Å². The van der Waals surface area contributed by atoms with Crippen molar-refractivity contribution in [2.45, 2.75) is 64.0 Å². The number of nitrogens with zero attached hydrogens (tertiary/aromatic N) is 1. The number of thiazole rings is 1. The van der Waals surface area contributed by atoms with Crippen LogP contribution in [0.1, 0.15) is 55.4 Å². The van der Waals surface area contributed by atoms with E-state index in [1.165, 1.54) is 6.92 Å². The second kappa shape index (κ2) is 11.5. The van der Waals surface area contributed by atoms with Crippen molar-refractivity contribution >= 4 is 33.2 Å². The Labute approximate surface area is 217 Å². The fraction of sp³-hybridized carbons (Fsp3) is 0.385. The molecular weight excluding hydrogens is 496 g/mol. The van der Waals surface area contributed by atoms with Crippen LogP contribution in [0.15, 0.2) is 60.0 Å². The summed E-state index contributed by atoms with van der Waals surface area (Å²) in [6.45, 7) is 7.81. The molecule has 3 unspecified atom stereocenters. The van der Waals surface area contributed by atoms with Gasteiger partial charge in [-0.15, -0.1) is 11.3 Å². The summed E-state index contributed by atoms with van der Waals surface area (Å²) in [5, 5.41) is 5.98. The average molecular weight is 531 g/mol. The van der Waals surface area contributed by atoms with Gasteiger partial charge in [-0.2, -0.15) is 8.42 Å². The highest BCUT2D eigenvalue weighted by atomic mass is 32.2. The van der Waals surface area contributed by atoms with Crippen molar-refractivity contribution in [1.29, 1.82) is 0 Å². The third-order valence-electron chi connectivity index (χ3n) is 5.88. The molecular formula is C26H34N4O4S2. The molecule has 36 heavy (non-hydrogen) atoms. The van der Waals surface area contributed by atoms with Crippen LogP contribution in [0.3, 0.4) is 0 Å². The zero-order valence-electron chi connectivity index (χ0n) is 20.9. The summed E-state index contributed by atoms with van der Waals surface area (Å²) in [7, 11) is -4.35. The first-order valence-electron chi connectivity index (χ1n) is 11.7. The highest BCUT2D eigenvalue weighted by molar-refractivity contribution is 7.87. The molecule has 10 heteroatoms. The normalized spacial score (nSPS) is 14.6. The van der Waals surface area contributed by atoms with Gasteiger partial charge in [0.15, 0.2) is 0 Å². The van der Waals surface area contributed by atoms with E-state index < -0.39 is 16.3 Å². The minimum absolute atomic E-state index is 0.117. The van der Waals surface area contributed by atoms with Crippen LogP contribution in [-0.4, -0.2) is 35.9 Å². The minimum Gasteiger partial charge on any atom is -0.352 e. The van der Waals surface area contributed by atoms with Gasteiger partial charge < -0.3 is 11.1 Å². The fourth-order valence-corrected chi connectivity index (χ4v) is 5.63. The number of carbonyl (C=O) groups is 1. The van der Waals surface area contributed by atoms with Crippen molar-refractivity contribution in [2.24, 2.45) is 5.73 Å². The van der Waals surface area contributed by atoms with E-state index in [4.69, 9.17) is 15.3 Å². The molecule has 0 aliphatic carbocycles. The maximum absolute atomic E-state index is 12.1. The lowest BCUT2D eigenvalue weighted by atomic mass is 9.85. The van der Waals surface area contributed by atoms with Crippen molar-refractivity contribution < 1.29 is 17.8 Å². The Hall–Kier alpha value is -2.79. The number of nitrogens with one attached hydrogen (secondary N) is 2. The number of carbonyl (C=O) groups excluding carboxylic acids is 1. The first-order chi connectivity index (χ1) is 16.8. The number of rotatable bonds is 10. The second-order valence-electron chi connectivity index (χ2n) is 9.98. The molecule has 8 nitrogen and oxygen atoms in total. The zero-order chi connectivity index (χ0) is 26.5. The molecule has 194 valence electrons. The number of aromatic nitrogens is 1. The Morgan fingerprint density at radius 2 is 1.67 bits per heavy atom. The van der Waals surface area contributed by atoms with Crippen molar-refractivity contribution in [3.8, 4) is 0 Å². The average Bonchev–Trinajstić information content (AvgIpc) is 3.28. The summed E-state index contributed by atoms with van der Waals surface area (Å²) < 4.78 is 33.3. The molecule has 2 aromatic carbocycles. The smallest absolute Gasteiger partial charge is 0.352 e. The maximum atomic E-state index is 12.1. The van der Waals surface area contributed by atoms with Crippen LogP contribution in [0.5, 0.6) is 0 Å². The van der Waals surface area contributed by atoms with Gasteiger partial charge >= 0.3 is 10.3 Å². The van der Waals surface area contributed by atoms with E-state index in [2.05, 4.69) is 31.5 Å². The monoisotopic (exact) mass is 530 g/mol. The molecule has 5 N–H and O–H groups in total. The molecule has 0 fully saturated rings. The third kappa shape index (κ3) is 8.12. The molecule has 0 saturated carbocycles. The van der Waals surface area contributed by atoms with Crippen molar-refractivity contribution in [2.75, 3.05) is 4.72 Å². The van der Waals surface area contributed by atoms with E-state index in [1.54, 1.807) is 35.6 Å². The fourth-order valence-electron chi connectivity index (χ4n) is 4.00. The van der Waals surface area contributed by atoms with E-state index in [0.717, 1.165) is 21.8 Å². The predicted molar refractivity (Wildman–Crippen MR) is 145 cm³/mol. The summed E-state index contributed by atoms with van der Waals surface area (Å²) in [6.07, 6.45) is 1.11. The summed E-state index contributed by atoms with van der Waals surface area (Å²) in [5.74, 6) is -0.354. The standard InChI is InChI=1S/C26H34N4O4S2/c1-17(31)28-22(15-18-8-6-5-7-9-18)24(27)21(25-29-23(16-35-25)26(2,3)4)14-19-10-12-20(13-11-19)30-36(32,33)34/h5-13,16,21-22,24,30H,14-15,27H2,1-4H3,(H,28,31)(H,32,33,34). The van der Waals surface area contributed by atoms with Gasteiger partial charge in [-0.1, -0.05) is 63.2 Å². The maximum Gasteiger partial charge on any atom is 0.357 e. The molecule has 3 atom stereocenters. The molecule has 1 aromatic heterocycles. The lowest BCUT2D eigenvalue weighted by Gasteiger charge is -2.31. The largest absolute Gasteiger partial charge is 0.357 e. The van der Waals surface area contributed by atoms with E-state index in [-0.39, 0.29) is 29.0 Å². The van der Waals surface area contributed by atoms with Crippen LogP contribution < -0.4 is 15.8 Å². The molecule has 3 rings (SSSR count). The van der Waals surface area contributed by atoms with Gasteiger partial charge in [0.2, 0.25) is 5.91 Å². The molecule has 1 amide bonds. The highest BCUT2D eigenvalue weighted by Crippen LogP contribution is 2.32. The molecule has 1 heterocycles. The van der Waals surface area contributed by atoms with Gasteiger partial charge in [0.25, 0.3) is 0 Å². The molecule has 0 bridgehead atoms. The minimum atomic E-state index is -4.35. The van der Waals surface area contributed by atoms with Gasteiger partial charge in [0.1, 0.15) is 0 Å². The molecule has 0 aliphatic heterocycles. The van der Waals surface area contributed by atoms with Crippen molar-refractivity contribution in [3.05, 3.63) is 81.8 Å². The topological polar surface area (TPSA) is 134 Å². The number of amides is 1. The quantitative estimate of drug-likeness (QED) is 0.292. The number of hydrogen-bond acceptors (Lipinski definition) is 6. The molecule has 0 aliphatic rings. The molecule has 0 radical (unpaired) electrons. The van der Waals surface area contributed by atoms with Crippen LogP contribution in [-0.2, 0) is 33.4 Å². The van der Waals surface area contributed by atoms with Gasteiger partial charge in [0.05, 0.1) is 16.4 Å². The van der Waals surface area contributed by atoms with Gasteiger partial charge in [0, 0.05) is 35.7 Å². The zero-order valence-corrected chi connectivity index (χ0v) is 22.6. The van der Waals surface area contributed by atoms with Crippen LogP contribution in [0.25, 0.3) is 0 Å². The Morgan fingerprint density at radius 1 is 1.06 bits per heavy atom. The van der Waals surface area contributed by atoms with Crippen LogP contribution >= 0.6 is 11.3 Å². The Morgan fingerprint density at radius 3 is 2.19 bits per heavy atom. The van der Waals surface area contributed by atoms with Gasteiger partial charge in [-0.05, 0) is 36.1 Å². The van der Waals surface area contributed by atoms with Crippen molar-refractivity contribution in [3.63, 3.8) is 0 Å². The summed E-state index contributed by atoms with van der Waals surface area (Å²) in [6, 6.07) is 15.9. The number of nitrogens with two attached hydrogens (primary N) is 1. The van der Waals surface area contributed by atoms with E-state index in [0.29, 0.717) is 12.8 Å². The summed E-state index contributed by atoms with van der Waals surface area (Å²) in [5.41, 5.74) is 10.0. The summed E-state index contributed by atoms with van der Waals surface area (Å²) in [4.78, 5) is 17.0. The lowest BCUT2D eigenvalue weighted by Crippen LogP contribution is -2.51. The van der Waals surface area contributed by atoms with Crippen LogP contribution in [0.4, 0.5) is 5.69 Å². The number of benzene rings is 2. The Bertz CT molecular complexity index is 1250. The Balaban J connectivity index is 1.94. The predicted octanol–water partition coefficient (Wildman–Crippen LogP) is 4.06. The van der Waals surface area contributed by atoms with Gasteiger partial charge in [-0.25, -0.2) is 4.98 Å². The Kier molecular flexibility index (Phi) is 8.89. The number of hydrogen-bond donors (Lipinski definition) is 4. The molecule has 0 spiro atoms. The SMILES string of the molecule is CC(=O)NC(Cc1ccccc1)C(N)C(Cc1ccc(NS(=O)(=O)O)cc1)c1nc(C(C)(C)C)cs1. The third-order valence-corrected chi connectivity index (χ3v) is 7.35. The van der Waals surface area contributed by atoms with E-state index in [9.17, 15) is 13.2 Å². The van der Waals surface area contributed by atoms with Crippen LogP contribution in [0.2, 0.25) is 0 Å². The van der Waals surface area contributed by atoms with E-state index in [1.807, 2.05) is 35.1 Å². The highest BCUT2D eigenvalue weighted by Gasteiger charge is 2.32. The molecule has 0 saturated heterocycles. The second-order valence-corrected chi connectivity index (χ2v) is 12.0. The number of anilines is 1. The van der Waals surface area contributed by atoms with E-state index >= 15 is 0 Å². The van der Waals surface area contributed by atoms with Crippen LogP contribution in [0, 0.1) is 0 Å². The first kappa shape index (κ1) is 27.8.